The zero-order valence-corrected chi connectivity index (χ0v) is 26.1. The Morgan fingerprint density at radius 2 is 1.85 bits per heavy atom. The highest BCUT2D eigenvalue weighted by atomic mass is 35.5. The number of aryl methyl sites for hydroxylation is 1. The van der Waals surface area contributed by atoms with Crippen LogP contribution in [0.3, 0.4) is 0 Å². The smallest absolute Gasteiger partial charge is 0.412 e. The molecule has 0 aliphatic heterocycles. The summed E-state index contributed by atoms with van der Waals surface area (Å²) in [5, 5.41) is 16.5. The van der Waals surface area contributed by atoms with Gasteiger partial charge < -0.3 is 34.0 Å². The lowest BCUT2D eigenvalue weighted by molar-refractivity contribution is -0.392. The summed E-state index contributed by atoms with van der Waals surface area (Å²) in [5.41, 5.74) is 3.09. The molecule has 3 aromatic carbocycles. The van der Waals surface area contributed by atoms with Gasteiger partial charge in [-0.1, -0.05) is 24.3 Å². The maximum atomic E-state index is 14.2. The number of hydrogen-bond donors (Lipinski definition) is 2. The Bertz CT molecular complexity index is 2020. The number of rotatable bonds is 10. The van der Waals surface area contributed by atoms with E-state index in [0.29, 0.717) is 51.8 Å². The molecule has 13 nitrogen and oxygen atoms in total. The number of aromatic nitrogens is 3. The van der Waals surface area contributed by atoms with Crippen LogP contribution >= 0.6 is 11.6 Å². The molecule has 2 aromatic heterocycles. The van der Waals surface area contributed by atoms with Gasteiger partial charge in [0.15, 0.2) is 29.3 Å². The number of carbonyl (C=O) groups is 2. The molecule has 1 aliphatic carbocycles. The lowest BCUT2D eigenvalue weighted by Crippen LogP contribution is -2.16. The third-order valence-electron chi connectivity index (χ3n) is 8.34. The molecule has 2 unspecified atom stereocenters. The summed E-state index contributed by atoms with van der Waals surface area (Å²) in [5.74, 6) is 0.469. The number of anilines is 1. The molecule has 0 radical (unpaired) electrons. The van der Waals surface area contributed by atoms with Crippen molar-refractivity contribution in [1.82, 2.24) is 14.5 Å². The highest BCUT2D eigenvalue weighted by molar-refractivity contribution is 6.19. The number of imidazole rings is 1. The van der Waals surface area contributed by atoms with Crippen molar-refractivity contribution in [2.45, 2.75) is 24.9 Å². The van der Waals surface area contributed by atoms with E-state index in [1.807, 2.05) is 24.3 Å². The zero-order valence-electron chi connectivity index (χ0n) is 25.4. The van der Waals surface area contributed by atoms with Crippen LogP contribution in [-0.4, -0.2) is 58.5 Å². The van der Waals surface area contributed by atoms with Crippen LogP contribution in [0.4, 0.5) is 16.3 Å². The number of ketones is 1. The van der Waals surface area contributed by atoms with Gasteiger partial charge in [0.05, 0.1) is 45.3 Å². The number of methoxy groups -OCH3 is 3. The Hall–Kier alpha value is -5.30. The summed E-state index contributed by atoms with van der Waals surface area (Å²) < 4.78 is 23.2. The van der Waals surface area contributed by atoms with Gasteiger partial charge in [-0.25, -0.2) is 14.3 Å². The Morgan fingerprint density at radius 3 is 2.52 bits per heavy atom. The predicted molar refractivity (Wildman–Crippen MR) is 171 cm³/mol. The second-order valence-corrected chi connectivity index (χ2v) is 11.2. The molecule has 1 amide bonds. The largest absolute Gasteiger partial charge is 0.493 e. The first-order chi connectivity index (χ1) is 22.2. The van der Waals surface area contributed by atoms with Crippen LogP contribution in [0.5, 0.6) is 17.2 Å². The van der Waals surface area contributed by atoms with E-state index in [1.165, 1.54) is 39.3 Å². The number of ether oxygens (including phenoxy) is 4. The van der Waals surface area contributed by atoms with E-state index in [-0.39, 0.29) is 23.2 Å². The lowest BCUT2D eigenvalue weighted by Gasteiger charge is -2.16. The van der Waals surface area contributed by atoms with Crippen LogP contribution in [0.1, 0.15) is 45.6 Å². The van der Waals surface area contributed by atoms with E-state index in [2.05, 4.69) is 15.3 Å². The number of carbonyl (C=O) groups excluding carboxylic acids is 2. The number of nitro groups is 1. The third-order valence-corrected chi connectivity index (χ3v) is 8.71. The first-order valence-corrected chi connectivity index (χ1v) is 14.8. The minimum atomic E-state index is -0.828. The average Bonchev–Trinajstić information content (AvgIpc) is 3.77. The van der Waals surface area contributed by atoms with E-state index in [9.17, 15) is 19.7 Å². The maximum absolute atomic E-state index is 14.2. The molecule has 2 N–H and O–H groups in total. The standard InChI is InChI=1S/C32H30ClN5O8/c1-37-15-34-24(31(37)38(41)42)14-46-32(40)36-22-12-20-21(9-17(13-33)26(20)19-8-6-5-7-18(19)22)28(39)23-10-16-11-25(43-2)29(44-3)30(45-4)27(16)35-23/h5-8,10-12,15,17,21,35H,9,13-14H2,1-4H3,(H,36,40). The van der Waals surface area contributed by atoms with E-state index >= 15 is 0 Å². The minimum Gasteiger partial charge on any atom is -0.493 e. The van der Waals surface area contributed by atoms with Crippen molar-refractivity contribution in [3.63, 3.8) is 0 Å². The number of nitrogens with one attached hydrogen (secondary N) is 2. The van der Waals surface area contributed by atoms with Crippen molar-refractivity contribution in [3.05, 3.63) is 81.4 Å². The molecule has 0 bridgehead atoms. The molecule has 6 rings (SSSR count). The van der Waals surface area contributed by atoms with Crippen molar-refractivity contribution in [2.24, 2.45) is 7.05 Å². The number of amides is 1. The molecular formula is C32H30ClN5O8. The Morgan fingerprint density at radius 1 is 1.11 bits per heavy atom. The second kappa shape index (κ2) is 12.2. The summed E-state index contributed by atoms with van der Waals surface area (Å²) in [6.07, 6.45) is 0.923. The predicted octanol–water partition coefficient (Wildman–Crippen LogP) is 6.43. The fourth-order valence-electron chi connectivity index (χ4n) is 6.34. The summed E-state index contributed by atoms with van der Waals surface area (Å²) >= 11 is 6.47. The molecule has 238 valence electrons. The van der Waals surface area contributed by atoms with Crippen molar-refractivity contribution >= 4 is 56.7 Å². The second-order valence-electron chi connectivity index (χ2n) is 10.9. The van der Waals surface area contributed by atoms with Crippen molar-refractivity contribution < 1.29 is 33.5 Å². The molecule has 1 aliphatic rings. The number of nitrogens with zero attached hydrogens (tertiary/aromatic N) is 3. The van der Waals surface area contributed by atoms with Gasteiger partial charge in [0.25, 0.3) is 0 Å². The number of halogens is 1. The summed E-state index contributed by atoms with van der Waals surface area (Å²) in [7, 11) is 6.03. The number of aromatic amines is 1. The molecule has 5 aromatic rings. The van der Waals surface area contributed by atoms with Crippen LogP contribution in [0.15, 0.2) is 48.8 Å². The molecule has 2 heterocycles. The maximum Gasteiger partial charge on any atom is 0.412 e. The molecule has 0 spiro atoms. The molecule has 2 atom stereocenters. The van der Waals surface area contributed by atoms with Crippen LogP contribution in [0.25, 0.3) is 21.7 Å². The van der Waals surface area contributed by atoms with E-state index in [0.717, 1.165) is 21.9 Å². The Labute approximate surface area is 267 Å². The average molecular weight is 648 g/mol. The summed E-state index contributed by atoms with van der Waals surface area (Å²) in [6, 6.07) is 12.8. The first-order valence-electron chi connectivity index (χ1n) is 14.3. The van der Waals surface area contributed by atoms with E-state index < -0.39 is 23.5 Å². The Kier molecular flexibility index (Phi) is 8.17. The first kappa shape index (κ1) is 30.7. The molecule has 0 saturated heterocycles. The van der Waals surface area contributed by atoms with Gasteiger partial charge in [-0.15, -0.1) is 11.6 Å². The van der Waals surface area contributed by atoms with Gasteiger partial charge >= 0.3 is 11.9 Å². The summed E-state index contributed by atoms with van der Waals surface area (Å²) in [4.78, 5) is 45.2. The molecule has 0 saturated carbocycles. The van der Waals surface area contributed by atoms with Gasteiger partial charge in [0, 0.05) is 22.6 Å². The molecule has 46 heavy (non-hydrogen) atoms. The van der Waals surface area contributed by atoms with Crippen molar-refractivity contribution in [2.75, 3.05) is 32.5 Å². The van der Waals surface area contributed by atoms with E-state index in [1.54, 1.807) is 18.2 Å². The lowest BCUT2D eigenvalue weighted by atomic mass is 9.91. The highest BCUT2D eigenvalue weighted by Gasteiger charge is 2.38. The number of fused-ring (bicyclic) bond motifs is 4. The van der Waals surface area contributed by atoms with Gasteiger partial charge in [-0.05, 0) is 52.0 Å². The number of alkyl halides is 1. The number of Topliss-reactive ketones (excluding diaryl/α,β-unsaturated/α-hetero) is 1. The normalized spacial score (nSPS) is 15.5. The quantitative estimate of drug-likeness (QED) is 0.0753. The molecule has 0 fully saturated rings. The van der Waals surface area contributed by atoms with Crippen LogP contribution in [-0.2, 0) is 18.4 Å². The van der Waals surface area contributed by atoms with Crippen molar-refractivity contribution in [1.29, 1.82) is 0 Å². The van der Waals surface area contributed by atoms with Gasteiger partial charge in [0.2, 0.25) is 5.75 Å². The van der Waals surface area contributed by atoms with Gasteiger partial charge in [-0.3, -0.25) is 10.1 Å². The van der Waals surface area contributed by atoms with E-state index in [4.69, 9.17) is 30.5 Å². The third kappa shape index (κ3) is 5.11. The number of hydrogen-bond acceptors (Lipinski definition) is 9. The van der Waals surface area contributed by atoms with Crippen LogP contribution < -0.4 is 19.5 Å². The molecule has 14 heteroatoms. The Balaban J connectivity index is 1.36. The number of H-pyrrole nitrogens is 1. The van der Waals surface area contributed by atoms with Crippen LogP contribution in [0, 0.1) is 10.1 Å². The fourth-order valence-corrected chi connectivity index (χ4v) is 6.62. The minimum absolute atomic E-state index is 0.0160. The topological polar surface area (TPSA) is 160 Å². The van der Waals surface area contributed by atoms with Crippen molar-refractivity contribution in [3.8, 4) is 17.2 Å². The fraction of sp³-hybridized carbons (Fsp3) is 0.281. The zero-order chi connectivity index (χ0) is 32.7. The van der Waals surface area contributed by atoms with Gasteiger partial charge in [0.1, 0.15) is 6.61 Å². The SMILES string of the molecule is COc1cc2cc(C(=O)C3CC(CCl)c4c3cc(NC(=O)OCc3ncn(C)c3[N+](=O)[O-])c3ccccc43)[nH]c2c(OC)c1OC. The number of benzene rings is 3. The van der Waals surface area contributed by atoms with Crippen LogP contribution in [0.2, 0.25) is 0 Å². The highest BCUT2D eigenvalue weighted by Crippen LogP contribution is 2.50. The summed E-state index contributed by atoms with van der Waals surface area (Å²) in [6.45, 7) is -0.402. The monoisotopic (exact) mass is 647 g/mol. The molecular weight excluding hydrogens is 618 g/mol. The van der Waals surface area contributed by atoms with Gasteiger partial charge in [-0.2, -0.15) is 0 Å².